The number of anilines is 1. The Morgan fingerprint density at radius 3 is 2.55 bits per heavy atom. The molecule has 2 aromatic heterocycles. The molecule has 0 unspecified atom stereocenters. The van der Waals surface area contributed by atoms with Crippen LogP contribution in [0.15, 0.2) is 48.8 Å². The number of rotatable bonds is 3. The van der Waals surface area contributed by atoms with Gasteiger partial charge in [0.05, 0.1) is 0 Å². The number of aromatic nitrogens is 2. The normalized spacial score (nSPS) is 11.7. The third-order valence-corrected chi connectivity index (χ3v) is 3.44. The molecule has 7 heteroatoms. The average Bonchev–Trinajstić information content (AvgIpc) is 2.86. The van der Waals surface area contributed by atoms with E-state index in [1.807, 2.05) is 30.5 Å². The van der Waals surface area contributed by atoms with Crippen molar-refractivity contribution in [3.8, 4) is 11.1 Å². The minimum absolute atomic E-state index is 0.426. The van der Waals surface area contributed by atoms with Gasteiger partial charge < -0.3 is 4.98 Å². The topological polar surface area (TPSA) is 101 Å². The van der Waals surface area contributed by atoms with Crippen LogP contribution < -0.4 is 9.86 Å². The number of nitrogens with two attached hydrogens (primary N) is 1. The molecule has 0 amide bonds. The van der Waals surface area contributed by atoms with Gasteiger partial charge in [0.1, 0.15) is 5.65 Å². The van der Waals surface area contributed by atoms with Gasteiger partial charge in [0.25, 0.3) is 10.2 Å². The standard InChI is InChI=1S/C13H12N4O2S/c14-20(18,19)17-10-3-1-9(2-4-10)11-5-7-15-13-12(11)6-8-16-13/h1-8,17H,(H,15,16)(H2,14,18,19). The summed E-state index contributed by atoms with van der Waals surface area (Å²) in [6, 6.07) is 10.9. The Morgan fingerprint density at radius 2 is 1.85 bits per heavy atom. The van der Waals surface area contributed by atoms with E-state index in [0.29, 0.717) is 5.69 Å². The van der Waals surface area contributed by atoms with Gasteiger partial charge in [0.15, 0.2) is 0 Å². The molecule has 1 aromatic carbocycles. The van der Waals surface area contributed by atoms with Crippen LogP contribution in [0.4, 0.5) is 5.69 Å². The average molecular weight is 288 g/mol. The number of H-pyrrole nitrogens is 1. The van der Waals surface area contributed by atoms with Gasteiger partial charge in [-0.1, -0.05) is 12.1 Å². The smallest absolute Gasteiger partial charge is 0.296 e. The first-order chi connectivity index (χ1) is 9.53. The highest BCUT2D eigenvalue weighted by atomic mass is 32.2. The molecule has 0 aliphatic rings. The van der Waals surface area contributed by atoms with Crippen molar-refractivity contribution in [1.82, 2.24) is 9.97 Å². The van der Waals surface area contributed by atoms with Crippen LogP contribution >= 0.6 is 0 Å². The Hall–Kier alpha value is -2.38. The summed E-state index contributed by atoms with van der Waals surface area (Å²) in [4.78, 5) is 7.28. The van der Waals surface area contributed by atoms with Crippen LogP contribution in [0.5, 0.6) is 0 Å². The SMILES string of the molecule is NS(=O)(=O)Nc1ccc(-c2ccnc3[nH]ccc23)cc1. The lowest BCUT2D eigenvalue weighted by Crippen LogP contribution is -2.21. The van der Waals surface area contributed by atoms with E-state index in [2.05, 4.69) is 14.7 Å². The highest BCUT2D eigenvalue weighted by molar-refractivity contribution is 7.90. The molecule has 0 fully saturated rings. The summed E-state index contributed by atoms with van der Waals surface area (Å²) < 4.78 is 24.1. The molecule has 0 saturated carbocycles. The van der Waals surface area contributed by atoms with Crippen LogP contribution in [-0.2, 0) is 10.2 Å². The van der Waals surface area contributed by atoms with Crippen LogP contribution in [-0.4, -0.2) is 18.4 Å². The Balaban J connectivity index is 2.01. The van der Waals surface area contributed by atoms with E-state index in [0.717, 1.165) is 22.2 Å². The van der Waals surface area contributed by atoms with Gasteiger partial charge >= 0.3 is 0 Å². The number of pyridine rings is 1. The van der Waals surface area contributed by atoms with Crippen molar-refractivity contribution < 1.29 is 8.42 Å². The third-order valence-electron chi connectivity index (χ3n) is 2.92. The zero-order chi connectivity index (χ0) is 14.2. The first-order valence-corrected chi connectivity index (χ1v) is 7.41. The molecule has 0 atom stereocenters. The molecule has 3 aromatic rings. The lowest BCUT2D eigenvalue weighted by Gasteiger charge is -2.06. The number of benzene rings is 1. The monoisotopic (exact) mass is 288 g/mol. The lowest BCUT2D eigenvalue weighted by molar-refractivity contribution is 0.603. The summed E-state index contributed by atoms with van der Waals surface area (Å²) in [7, 11) is -3.75. The molecule has 3 rings (SSSR count). The lowest BCUT2D eigenvalue weighted by atomic mass is 10.0. The van der Waals surface area contributed by atoms with Gasteiger partial charge in [0.2, 0.25) is 0 Å². The molecule has 0 aliphatic heterocycles. The second-order valence-corrected chi connectivity index (χ2v) is 5.62. The second-order valence-electron chi connectivity index (χ2n) is 4.32. The largest absolute Gasteiger partial charge is 0.346 e. The van der Waals surface area contributed by atoms with E-state index in [-0.39, 0.29) is 0 Å². The number of hydrogen-bond acceptors (Lipinski definition) is 3. The van der Waals surface area contributed by atoms with Crippen molar-refractivity contribution in [2.75, 3.05) is 4.72 Å². The molecule has 0 aliphatic carbocycles. The maximum Gasteiger partial charge on any atom is 0.296 e. The van der Waals surface area contributed by atoms with Crippen LogP contribution in [0.2, 0.25) is 0 Å². The maximum atomic E-state index is 10.9. The Bertz CT molecular complexity index is 853. The van der Waals surface area contributed by atoms with Gasteiger partial charge in [-0.25, -0.2) is 10.1 Å². The maximum absolute atomic E-state index is 10.9. The summed E-state index contributed by atoms with van der Waals surface area (Å²) in [6.45, 7) is 0. The van der Waals surface area contributed by atoms with Crippen LogP contribution in [0, 0.1) is 0 Å². The summed E-state index contributed by atoms with van der Waals surface area (Å²) in [5.74, 6) is 0. The van der Waals surface area contributed by atoms with E-state index in [1.54, 1.807) is 18.3 Å². The molecule has 0 bridgehead atoms. The van der Waals surface area contributed by atoms with Crippen LogP contribution in [0.3, 0.4) is 0 Å². The number of aromatic amines is 1. The Kier molecular flexibility index (Phi) is 2.92. The molecule has 20 heavy (non-hydrogen) atoms. The number of nitrogens with zero attached hydrogens (tertiary/aromatic N) is 1. The zero-order valence-corrected chi connectivity index (χ0v) is 11.2. The van der Waals surface area contributed by atoms with Crippen molar-refractivity contribution in [2.24, 2.45) is 5.14 Å². The molecule has 0 radical (unpaired) electrons. The Labute approximate surface area is 115 Å². The number of fused-ring (bicyclic) bond motifs is 1. The zero-order valence-electron chi connectivity index (χ0n) is 10.4. The highest BCUT2D eigenvalue weighted by Gasteiger charge is 2.06. The first kappa shape index (κ1) is 12.6. The Morgan fingerprint density at radius 1 is 1.10 bits per heavy atom. The van der Waals surface area contributed by atoms with Crippen molar-refractivity contribution >= 4 is 26.9 Å². The van der Waals surface area contributed by atoms with E-state index in [4.69, 9.17) is 5.14 Å². The third kappa shape index (κ3) is 2.49. The van der Waals surface area contributed by atoms with Gasteiger partial charge in [-0.3, -0.25) is 4.72 Å². The first-order valence-electron chi connectivity index (χ1n) is 5.86. The van der Waals surface area contributed by atoms with Crippen LogP contribution in [0.25, 0.3) is 22.2 Å². The van der Waals surface area contributed by atoms with Gasteiger partial charge in [0, 0.05) is 23.5 Å². The minimum Gasteiger partial charge on any atom is -0.346 e. The molecule has 0 spiro atoms. The molecule has 6 nitrogen and oxygen atoms in total. The fraction of sp³-hybridized carbons (Fsp3) is 0. The summed E-state index contributed by atoms with van der Waals surface area (Å²) in [6.07, 6.45) is 3.56. The van der Waals surface area contributed by atoms with Crippen molar-refractivity contribution in [1.29, 1.82) is 0 Å². The molecular weight excluding hydrogens is 276 g/mol. The van der Waals surface area contributed by atoms with Gasteiger partial charge in [-0.15, -0.1) is 0 Å². The quantitative estimate of drug-likeness (QED) is 0.685. The van der Waals surface area contributed by atoms with Crippen molar-refractivity contribution in [3.63, 3.8) is 0 Å². The van der Waals surface area contributed by atoms with E-state index in [9.17, 15) is 8.42 Å². The molecule has 4 N–H and O–H groups in total. The summed E-state index contributed by atoms with van der Waals surface area (Å²) >= 11 is 0. The van der Waals surface area contributed by atoms with Gasteiger partial charge in [-0.05, 0) is 35.4 Å². The predicted octanol–water partition coefficient (Wildman–Crippen LogP) is 1.85. The number of nitrogens with one attached hydrogen (secondary N) is 2. The van der Waals surface area contributed by atoms with E-state index < -0.39 is 10.2 Å². The summed E-state index contributed by atoms with van der Waals surface area (Å²) in [5, 5.41) is 5.94. The van der Waals surface area contributed by atoms with Crippen molar-refractivity contribution in [2.45, 2.75) is 0 Å². The fourth-order valence-electron chi connectivity index (χ4n) is 2.09. The van der Waals surface area contributed by atoms with Crippen LogP contribution in [0.1, 0.15) is 0 Å². The number of hydrogen-bond donors (Lipinski definition) is 3. The molecule has 0 saturated heterocycles. The second kappa shape index (κ2) is 4.62. The fourth-order valence-corrected chi connectivity index (χ4v) is 2.56. The molecular formula is C13H12N4O2S. The summed E-state index contributed by atoms with van der Waals surface area (Å²) in [5.41, 5.74) is 3.24. The van der Waals surface area contributed by atoms with E-state index in [1.165, 1.54) is 0 Å². The van der Waals surface area contributed by atoms with Crippen molar-refractivity contribution in [3.05, 3.63) is 48.8 Å². The molecule has 2 heterocycles. The predicted molar refractivity (Wildman–Crippen MR) is 78.3 cm³/mol. The minimum atomic E-state index is -3.75. The van der Waals surface area contributed by atoms with Gasteiger partial charge in [-0.2, -0.15) is 8.42 Å². The van der Waals surface area contributed by atoms with E-state index >= 15 is 0 Å². The molecule has 102 valence electrons. The highest BCUT2D eigenvalue weighted by Crippen LogP contribution is 2.27.